The van der Waals surface area contributed by atoms with E-state index < -0.39 is 17.8 Å². The maximum Gasteiger partial charge on any atom is 0.435 e. The summed E-state index contributed by atoms with van der Waals surface area (Å²) in [5, 5.41) is 10.4. The molecule has 134 valence electrons. The van der Waals surface area contributed by atoms with Gasteiger partial charge in [-0.15, -0.1) is 11.3 Å². The van der Waals surface area contributed by atoms with Gasteiger partial charge in [-0.25, -0.2) is 0 Å². The minimum atomic E-state index is -4.56. The van der Waals surface area contributed by atoms with Gasteiger partial charge in [-0.05, 0) is 26.0 Å². The van der Waals surface area contributed by atoms with Crippen molar-refractivity contribution in [2.75, 3.05) is 0 Å². The number of carbonyl (C=O) groups excluding carboxylic acids is 1. The topological polar surface area (TPSA) is 64.7 Å². The van der Waals surface area contributed by atoms with Crippen molar-refractivity contribution in [2.24, 2.45) is 7.05 Å². The molecule has 3 rings (SSSR count). The lowest BCUT2D eigenvalue weighted by Gasteiger charge is -2.14. The highest BCUT2D eigenvalue weighted by Gasteiger charge is 2.37. The van der Waals surface area contributed by atoms with Crippen LogP contribution in [0, 0.1) is 0 Å². The Morgan fingerprint density at radius 3 is 2.80 bits per heavy atom. The molecule has 25 heavy (non-hydrogen) atoms. The molecule has 0 saturated heterocycles. The van der Waals surface area contributed by atoms with Crippen molar-refractivity contribution >= 4 is 27.5 Å². The molecule has 3 heterocycles. The van der Waals surface area contributed by atoms with Gasteiger partial charge in [0.25, 0.3) is 5.91 Å². The molecule has 0 aliphatic rings. The summed E-state index contributed by atoms with van der Waals surface area (Å²) < 4.78 is 42.0. The summed E-state index contributed by atoms with van der Waals surface area (Å²) in [7, 11) is 1.43. The molecule has 1 unspecified atom stereocenters. The number of amides is 1. The Balaban J connectivity index is 1.88. The van der Waals surface area contributed by atoms with Crippen LogP contribution in [-0.4, -0.2) is 25.5 Å². The van der Waals surface area contributed by atoms with Gasteiger partial charge in [0, 0.05) is 25.2 Å². The lowest BCUT2D eigenvalue weighted by molar-refractivity contribution is -0.140. The fourth-order valence-corrected chi connectivity index (χ4v) is 3.65. The molecule has 0 radical (unpaired) electrons. The van der Waals surface area contributed by atoms with E-state index in [9.17, 15) is 18.0 Å². The van der Waals surface area contributed by atoms with Gasteiger partial charge in [0.05, 0.1) is 16.6 Å². The second-order valence-electron chi connectivity index (χ2n) is 5.57. The third-order valence-electron chi connectivity index (χ3n) is 3.84. The molecular formula is C15H16F3N5OS. The first kappa shape index (κ1) is 17.5. The standard InChI is InChI=1S/C15H16F3N5OS/c1-4-23-10(5-6-19-23)8(2)20-13(24)11-7-9-12(15(16,17)18)21-22(3)14(9)25-11/h5-8H,4H2,1-3H3,(H,20,24). The van der Waals surface area contributed by atoms with Gasteiger partial charge in [-0.1, -0.05) is 0 Å². The molecule has 0 bridgehead atoms. The molecule has 0 saturated carbocycles. The fraction of sp³-hybridized carbons (Fsp3) is 0.400. The number of halogens is 3. The van der Waals surface area contributed by atoms with Gasteiger partial charge < -0.3 is 5.32 Å². The van der Waals surface area contributed by atoms with Gasteiger partial charge in [0.2, 0.25) is 0 Å². The molecule has 10 heteroatoms. The molecule has 0 aliphatic heterocycles. The lowest BCUT2D eigenvalue weighted by Crippen LogP contribution is -2.27. The number of hydrogen-bond acceptors (Lipinski definition) is 4. The Morgan fingerprint density at radius 2 is 2.16 bits per heavy atom. The van der Waals surface area contributed by atoms with Crippen LogP contribution in [0.25, 0.3) is 10.2 Å². The quantitative estimate of drug-likeness (QED) is 0.765. The van der Waals surface area contributed by atoms with Crippen molar-refractivity contribution in [1.29, 1.82) is 0 Å². The highest BCUT2D eigenvalue weighted by atomic mass is 32.1. The van der Waals surface area contributed by atoms with Crippen molar-refractivity contribution < 1.29 is 18.0 Å². The maximum absolute atomic E-state index is 13.0. The number of thiophene rings is 1. The van der Waals surface area contributed by atoms with E-state index in [4.69, 9.17) is 0 Å². The Morgan fingerprint density at radius 1 is 1.44 bits per heavy atom. The van der Waals surface area contributed by atoms with E-state index in [0.29, 0.717) is 11.4 Å². The van der Waals surface area contributed by atoms with E-state index in [0.717, 1.165) is 21.7 Å². The Hall–Kier alpha value is -2.36. The average Bonchev–Trinajstić information content (AvgIpc) is 3.22. The van der Waals surface area contributed by atoms with Crippen LogP contribution in [0.4, 0.5) is 13.2 Å². The van der Waals surface area contributed by atoms with Crippen LogP contribution in [0.2, 0.25) is 0 Å². The molecule has 0 fully saturated rings. The maximum atomic E-state index is 13.0. The zero-order valence-electron chi connectivity index (χ0n) is 13.8. The highest BCUT2D eigenvalue weighted by Crippen LogP contribution is 2.37. The highest BCUT2D eigenvalue weighted by molar-refractivity contribution is 7.20. The molecule has 0 spiro atoms. The number of fused-ring (bicyclic) bond motifs is 1. The first-order chi connectivity index (χ1) is 11.7. The SMILES string of the molecule is CCn1nccc1C(C)NC(=O)c1cc2c(C(F)(F)F)nn(C)c2s1. The Bertz CT molecular complexity index is 924. The molecule has 3 aromatic rings. The van der Waals surface area contributed by atoms with E-state index in [-0.39, 0.29) is 16.3 Å². The zero-order valence-corrected chi connectivity index (χ0v) is 14.6. The van der Waals surface area contributed by atoms with Crippen LogP contribution in [0.15, 0.2) is 18.3 Å². The van der Waals surface area contributed by atoms with Gasteiger partial charge >= 0.3 is 6.18 Å². The normalized spacial score (nSPS) is 13.4. The molecule has 1 amide bonds. The van der Waals surface area contributed by atoms with Gasteiger partial charge in [0.15, 0.2) is 5.69 Å². The van der Waals surface area contributed by atoms with E-state index in [1.807, 2.05) is 6.92 Å². The summed E-state index contributed by atoms with van der Waals surface area (Å²) >= 11 is 0.984. The largest absolute Gasteiger partial charge is 0.435 e. The number of aryl methyl sites for hydroxylation is 2. The summed E-state index contributed by atoms with van der Waals surface area (Å²) in [5.41, 5.74) is -0.146. The minimum Gasteiger partial charge on any atom is -0.343 e. The Labute approximate surface area is 145 Å². The Kier molecular flexibility index (Phi) is 4.31. The van der Waals surface area contributed by atoms with Crippen LogP contribution in [-0.2, 0) is 19.8 Å². The molecule has 1 atom stereocenters. The van der Waals surface area contributed by atoms with Gasteiger partial charge in [-0.3, -0.25) is 14.2 Å². The monoisotopic (exact) mass is 371 g/mol. The van der Waals surface area contributed by atoms with Crippen LogP contribution < -0.4 is 5.32 Å². The summed E-state index contributed by atoms with van der Waals surface area (Å²) in [4.78, 5) is 13.0. The van der Waals surface area contributed by atoms with E-state index in [1.165, 1.54) is 13.1 Å². The van der Waals surface area contributed by atoms with E-state index in [1.54, 1.807) is 23.9 Å². The first-order valence-electron chi connectivity index (χ1n) is 7.58. The number of alkyl halides is 3. The smallest absolute Gasteiger partial charge is 0.343 e. The van der Waals surface area contributed by atoms with Gasteiger partial charge in [-0.2, -0.15) is 23.4 Å². The molecule has 6 nitrogen and oxygen atoms in total. The van der Waals surface area contributed by atoms with Crippen molar-refractivity contribution in [3.8, 4) is 0 Å². The van der Waals surface area contributed by atoms with Crippen molar-refractivity contribution in [3.63, 3.8) is 0 Å². The molecule has 1 N–H and O–H groups in total. The number of hydrogen-bond donors (Lipinski definition) is 1. The van der Waals surface area contributed by atoms with E-state index >= 15 is 0 Å². The van der Waals surface area contributed by atoms with Crippen LogP contribution >= 0.6 is 11.3 Å². The second kappa shape index (κ2) is 6.17. The molecule has 0 aliphatic carbocycles. The third-order valence-corrected chi connectivity index (χ3v) is 5.04. The zero-order chi connectivity index (χ0) is 18.4. The number of nitrogens with zero attached hydrogens (tertiary/aromatic N) is 4. The molecular weight excluding hydrogens is 355 g/mol. The number of rotatable bonds is 4. The summed E-state index contributed by atoms with van der Waals surface area (Å²) in [6.07, 6.45) is -2.92. The average molecular weight is 371 g/mol. The summed E-state index contributed by atoms with van der Waals surface area (Å²) in [6.45, 7) is 4.39. The second-order valence-corrected chi connectivity index (χ2v) is 6.60. The predicted octanol–water partition coefficient (Wildman–Crippen LogP) is 3.36. The van der Waals surface area contributed by atoms with Crippen LogP contribution in [0.1, 0.15) is 40.9 Å². The lowest BCUT2D eigenvalue weighted by atomic mass is 10.2. The van der Waals surface area contributed by atoms with Crippen molar-refractivity contribution in [1.82, 2.24) is 24.9 Å². The number of aromatic nitrogens is 4. The summed E-state index contributed by atoms with van der Waals surface area (Å²) in [6, 6.07) is 2.72. The number of nitrogens with one attached hydrogen (secondary N) is 1. The fourth-order valence-electron chi connectivity index (χ4n) is 2.68. The van der Waals surface area contributed by atoms with Crippen LogP contribution in [0.5, 0.6) is 0 Å². The van der Waals surface area contributed by atoms with Gasteiger partial charge in [0.1, 0.15) is 4.83 Å². The summed E-state index contributed by atoms with van der Waals surface area (Å²) in [5.74, 6) is -0.425. The minimum absolute atomic E-state index is 0.0589. The third kappa shape index (κ3) is 3.13. The molecule has 3 aromatic heterocycles. The van der Waals surface area contributed by atoms with E-state index in [2.05, 4.69) is 15.5 Å². The van der Waals surface area contributed by atoms with Crippen molar-refractivity contribution in [2.45, 2.75) is 32.6 Å². The van der Waals surface area contributed by atoms with Crippen molar-refractivity contribution in [3.05, 3.63) is 34.6 Å². The molecule has 0 aromatic carbocycles. The predicted molar refractivity (Wildman–Crippen MR) is 87.4 cm³/mol. The first-order valence-corrected chi connectivity index (χ1v) is 8.40. The van der Waals surface area contributed by atoms with Crippen LogP contribution in [0.3, 0.4) is 0 Å². The number of carbonyl (C=O) groups is 1.